The van der Waals surface area contributed by atoms with Crippen molar-refractivity contribution in [2.24, 2.45) is 7.05 Å². The predicted octanol–water partition coefficient (Wildman–Crippen LogP) is 2.50. The van der Waals surface area contributed by atoms with Crippen molar-refractivity contribution in [3.05, 3.63) is 29.0 Å². The fourth-order valence-electron chi connectivity index (χ4n) is 1.72. The number of aromatic nitrogens is 2. The fourth-order valence-corrected chi connectivity index (χ4v) is 1.72. The maximum atomic E-state index is 4.43. The van der Waals surface area contributed by atoms with Crippen LogP contribution >= 0.6 is 0 Å². The Balaban J connectivity index is 2.92. The van der Waals surface area contributed by atoms with Crippen LogP contribution in [0.1, 0.15) is 16.7 Å². The van der Waals surface area contributed by atoms with Gasteiger partial charge in [0.05, 0.1) is 5.52 Å². The van der Waals surface area contributed by atoms with Crippen LogP contribution < -0.4 is 0 Å². The smallest absolute Gasteiger partial charge is 0.0955 e. The molecule has 13 heavy (non-hydrogen) atoms. The average molecular weight is 174 g/mol. The van der Waals surface area contributed by atoms with E-state index < -0.39 is 0 Å². The highest BCUT2D eigenvalue weighted by Gasteiger charge is 2.06. The molecule has 0 atom stereocenters. The molecule has 0 N–H and O–H groups in total. The molecule has 0 fully saturated rings. The second kappa shape index (κ2) is 2.59. The Labute approximate surface area is 78.2 Å². The van der Waals surface area contributed by atoms with E-state index in [1.165, 1.54) is 22.1 Å². The summed E-state index contributed by atoms with van der Waals surface area (Å²) in [5.41, 5.74) is 5.13. The first-order valence-electron chi connectivity index (χ1n) is 4.50. The third-order valence-corrected chi connectivity index (χ3v) is 2.74. The Kier molecular flexibility index (Phi) is 1.65. The van der Waals surface area contributed by atoms with Crippen LogP contribution in [0.5, 0.6) is 0 Å². The van der Waals surface area contributed by atoms with Crippen molar-refractivity contribution in [2.75, 3.05) is 0 Å². The molecule has 2 nitrogen and oxygen atoms in total. The van der Waals surface area contributed by atoms with Crippen LogP contribution in [-0.4, -0.2) is 9.78 Å². The maximum absolute atomic E-state index is 4.43. The van der Waals surface area contributed by atoms with Crippen LogP contribution in [0.4, 0.5) is 0 Å². The lowest BCUT2D eigenvalue weighted by Gasteiger charge is -2.03. The van der Waals surface area contributed by atoms with Crippen molar-refractivity contribution in [1.82, 2.24) is 9.78 Å². The first-order chi connectivity index (χ1) is 6.09. The molecule has 2 aromatic rings. The second-order valence-electron chi connectivity index (χ2n) is 3.68. The molecule has 1 heterocycles. The van der Waals surface area contributed by atoms with Crippen LogP contribution in [-0.2, 0) is 7.05 Å². The molecule has 0 saturated carbocycles. The minimum Gasteiger partial charge on any atom is -0.275 e. The molecule has 0 radical (unpaired) electrons. The van der Waals surface area contributed by atoms with Gasteiger partial charge in [-0.05, 0) is 43.5 Å². The molecule has 0 spiro atoms. The third-order valence-electron chi connectivity index (χ3n) is 2.74. The lowest BCUT2D eigenvalue weighted by molar-refractivity contribution is 0.779. The Hall–Kier alpha value is -1.31. The summed E-state index contributed by atoms with van der Waals surface area (Å²) in [4.78, 5) is 0. The summed E-state index contributed by atoms with van der Waals surface area (Å²) < 4.78 is 1.87. The van der Waals surface area contributed by atoms with Crippen molar-refractivity contribution in [2.45, 2.75) is 20.8 Å². The van der Waals surface area contributed by atoms with E-state index in [2.05, 4.69) is 38.1 Å². The van der Waals surface area contributed by atoms with E-state index in [-0.39, 0.29) is 0 Å². The predicted molar refractivity (Wildman–Crippen MR) is 54.9 cm³/mol. The summed E-state index contributed by atoms with van der Waals surface area (Å²) in [5.74, 6) is 0. The van der Waals surface area contributed by atoms with Crippen LogP contribution in [0.3, 0.4) is 0 Å². The normalized spacial score (nSPS) is 11.1. The summed E-state index contributed by atoms with van der Waals surface area (Å²) in [5, 5.41) is 5.67. The van der Waals surface area contributed by atoms with Gasteiger partial charge >= 0.3 is 0 Å². The van der Waals surface area contributed by atoms with Gasteiger partial charge in [-0.25, -0.2) is 0 Å². The van der Waals surface area contributed by atoms with Crippen molar-refractivity contribution >= 4 is 10.9 Å². The van der Waals surface area contributed by atoms with Gasteiger partial charge in [0.2, 0.25) is 0 Å². The third kappa shape index (κ3) is 1.13. The van der Waals surface area contributed by atoms with Gasteiger partial charge in [0.15, 0.2) is 0 Å². The zero-order valence-corrected chi connectivity index (χ0v) is 8.55. The number of aryl methyl sites for hydroxylation is 3. The van der Waals surface area contributed by atoms with E-state index in [0.717, 1.165) is 5.52 Å². The van der Waals surface area contributed by atoms with Gasteiger partial charge in [0, 0.05) is 18.6 Å². The fraction of sp³-hybridized carbons (Fsp3) is 0.364. The van der Waals surface area contributed by atoms with Gasteiger partial charge in [0.25, 0.3) is 0 Å². The van der Waals surface area contributed by atoms with Gasteiger partial charge in [-0.1, -0.05) is 0 Å². The Bertz CT molecular complexity index is 466. The Morgan fingerprint density at radius 2 is 1.85 bits per heavy atom. The van der Waals surface area contributed by atoms with Gasteiger partial charge in [0.1, 0.15) is 0 Å². The SMILES string of the molecule is Cc1cc2cn(C)nc2c(C)c1C. The molecule has 0 amide bonds. The van der Waals surface area contributed by atoms with Crippen molar-refractivity contribution in [3.8, 4) is 0 Å². The minimum absolute atomic E-state index is 1.13. The maximum Gasteiger partial charge on any atom is 0.0955 e. The highest BCUT2D eigenvalue weighted by molar-refractivity contribution is 5.83. The summed E-state index contributed by atoms with van der Waals surface area (Å²) >= 11 is 0. The van der Waals surface area contributed by atoms with Crippen molar-refractivity contribution in [1.29, 1.82) is 0 Å². The van der Waals surface area contributed by atoms with Gasteiger partial charge in [-0.2, -0.15) is 5.10 Å². The summed E-state index contributed by atoms with van der Waals surface area (Å²) in [7, 11) is 1.96. The lowest BCUT2D eigenvalue weighted by atomic mass is 10.0. The molecule has 0 saturated heterocycles. The topological polar surface area (TPSA) is 17.8 Å². The molecule has 0 aliphatic heterocycles. The lowest BCUT2D eigenvalue weighted by Crippen LogP contribution is -1.89. The number of nitrogens with zero attached hydrogens (tertiary/aromatic N) is 2. The average Bonchev–Trinajstić information content (AvgIpc) is 2.42. The van der Waals surface area contributed by atoms with Crippen LogP contribution in [0, 0.1) is 20.8 Å². The number of hydrogen-bond acceptors (Lipinski definition) is 1. The molecule has 2 rings (SSSR count). The summed E-state index contributed by atoms with van der Waals surface area (Å²) in [6.45, 7) is 6.44. The van der Waals surface area contributed by atoms with E-state index in [1.54, 1.807) is 0 Å². The second-order valence-corrected chi connectivity index (χ2v) is 3.68. The zero-order chi connectivity index (χ0) is 9.59. The van der Waals surface area contributed by atoms with E-state index in [4.69, 9.17) is 0 Å². The highest BCUT2D eigenvalue weighted by Crippen LogP contribution is 2.22. The van der Waals surface area contributed by atoms with Gasteiger partial charge in [-0.15, -0.1) is 0 Å². The zero-order valence-electron chi connectivity index (χ0n) is 8.55. The summed E-state index contributed by atoms with van der Waals surface area (Å²) in [6, 6.07) is 2.20. The molecule has 68 valence electrons. The number of rotatable bonds is 0. The Morgan fingerprint density at radius 1 is 1.15 bits per heavy atom. The molecule has 1 aromatic carbocycles. The standard InChI is InChI=1S/C11H14N2/c1-7-5-10-6-13(4)12-11(10)9(3)8(7)2/h5-6H,1-4H3. The molecule has 2 heteroatoms. The largest absolute Gasteiger partial charge is 0.275 e. The minimum atomic E-state index is 1.13. The van der Waals surface area contributed by atoms with Gasteiger partial charge < -0.3 is 0 Å². The van der Waals surface area contributed by atoms with Crippen LogP contribution in [0.25, 0.3) is 10.9 Å². The van der Waals surface area contributed by atoms with Crippen molar-refractivity contribution in [3.63, 3.8) is 0 Å². The van der Waals surface area contributed by atoms with E-state index in [1.807, 2.05) is 11.7 Å². The quantitative estimate of drug-likeness (QED) is 0.600. The molecular formula is C11H14N2. The van der Waals surface area contributed by atoms with E-state index >= 15 is 0 Å². The van der Waals surface area contributed by atoms with Gasteiger partial charge in [-0.3, -0.25) is 4.68 Å². The number of benzene rings is 1. The highest BCUT2D eigenvalue weighted by atomic mass is 15.2. The molecule has 0 unspecified atom stereocenters. The number of hydrogen-bond donors (Lipinski definition) is 0. The monoisotopic (exact) mass is 174 g/mol. The van der Waals surface area contributed by atoms with Crippen molar-refractivity contribution < 1.29 is 0 Å². The molecule has 0 aliphatic carbocycles. The van der Waals surface area contributed by atoms with E-state index in [9.17, 15) is 0 Å². The van der Waals surface area contributed by atoms with Crippen LogP contribution in [0.15, 0.2) is 12.3 Å². The molecule has 0 aliphatic rings. The number of fused-ring (bicyclic) bond motifs is 1. The Morgan fingerprint density at radius 3 is 2.54 bits per heavy atom. The molecule has 0 bridgehead atoms. The van der Waals surface area contributed by atoms with E-state index in [0.29, 0.717) is 0 Å². The molecular weight excluding hydrogens is 160 g/mol. The summed E-state index contributed by atoms with van der Waals surface area (Å²) in [6.07, 6.45) is 2.06. The van der Waals surface area contributed by atoms with Crippen LogP contribution in [0.2, 0.25) is 0 Å². The first-order valence-corrected chi connectivity index (χ1v) is 4.50. The first kappa shape index (κ1) is 8.30. The molecule has 1 aromatic heterocycles.